The second kappa shape index (κ2) is 7.92. The summed E-state index contributed by atoms with van der Waals surface area (Å²) in [6.45, 7) is 2.39. The predicted octanol–water partition coefficient (Wildman–Crippen LogP) is 4.89. The highest BCUT2D eigenvalue weighted by Gasteiger charge is 2.11. The molecule has 5 heteroatoms. The summed E-state index contributed by atoms with van der Waals surface area (Å²) in [6, 6.07) is 9.44. The molecule has 2 aromatic rings. The zero-order valence-corrected chi connectivity index (χ0v) is 14.4. The van der Waals surface area contributed by atoms with Crippen LogP contribution in [-0.4, -0.2) is 19.5 Å². The van der Waals surface area contributed by atoms with Crippen LogP contribution in [0.4, 0.5) is 4.39 Å². The van der Waals surface area contributed by atoms with E-state index in [1.54, 1.807) is 37.5 Å². The van der Waals surface area contributed by atoms with E-state index in [4.69, 9.17) is 9.47 Å². The van der Waals surface area contributed by atoms with Crippen molar-refractivity contribution in [3.05, 3.63) is 63.9 Å². The van der Waals surface area contributed by atoms with Crippen LogP contribution >= 0.6 is 15.9 Å². The normalized spacial score (nSPS) is 10.8. The number of methoxy groups -OCH3 is 1. The average molecular weight is 379 g/mol. The molecule has 0 amide bonds. The highest BCUT2D eigenvalue weighted by molar-refractivity contribution is 9.10. The van der Waals surface area contributed by atoms with Crippen LogP contribution in [0.15, 0.2) is 46.9 Å². The molecule has 0 heterocycles. The first kappa shape index (κ1) is 17.2. The second-order valence-electron chi connectivity index (χ2n) is 4.64. The van der Waals surface area contributed by atoms with Crippen molar-refractivity contribution in [3.63, 3.8) is 0 Å². The van der Waals surface area contributed by atoms with Crippen molar-refractivity contribution in [2.45, 2.75) is 6.92 Å². The Morgan fingerprint density at radius 1 is 1.30 bits per heavy atom. The number of carbonyl (C=O) groups is 1. The lowest BCUT2D eigenvalue weighted by Gasteiger charge is -2.12. The van der Waals surface area contributed by atoms with Gasteiger partial charge in [0.2, 0.25) is 0 Å². The maximum Gasteiger partial charge on any atom is 0.188 e. The Balaban J connectivity index is 2.28. The van der Waals surface area contributed by atoms with Gasteiger partial charge in [0.1, 0.15) is 5.82 Å². The highest BCUT2D eigenvalue weighted by Crippen LogP contribution is 2.37. The molecule has 0 spiro atoms. The van der Waals surface area contributed by atoms with Crippen LogP contribution in [0.5, 0.6) is 11.5 Å². The van der Waals surface area contributed by atoms with E-state index in [1.807, 2.05) is 6.92 Å². The van der Waals surface area contributed by atoms with E-state index in [-0.39, 0.29) is 5.56 Å². The first-order valence-corrected chi connectivity index (χ1v) is 7.83. The zero-order valence-electron chi connectivity index (χ0n) is 12.8. The fraction of sp³-hybridized carbons (Fsp3) is 0.167. The summed E-state index contributed by atoms with van der Waals surface area (Å²) in [5.41, 5.74) is 0.780. The van der Waals surface area contributed by atoms with Gasteiger partial charge in [0.25, 0.3) is 0 Å². The van der Waals surface area contributed by atoms with Crippen molar-refractivity contribution < 1.29 is 18.7 Å². The first-order chi connectivity index (χ1) is 11.1. The van der Waals surface area contributed by atoms with Crippen molar-refractivity contribution >= 4 is 27.8 Å². The molecule has 0 aliphatic carbocycles. The minimum Gasteiger partial charge on any atom is -0.493 e. The van der Waals surface area contributed by atoms with Crippen LogP contribution < -0.4 is 9.47 Å². The number of hydrogen-bond acceptors (Lipinski definition) is 3. The topological polar surface area (TPSA) is 35.5 Å². The SMILES string of the molecule is CCOc1c(Br)cc(/C=C/C(=O)c2ccccc2F)cc1OC. The lowest BCUT2D eigenvalue weighted by molar-refractivity contribution is 0.104. The van der Waals surface area contributed by atoms with Gasteiger partial charge in [0.05, 0.1) is 23.8 Å². The van der Waals surface area contributed by atoms with Crippen LogP contribution in [0.2, 0.25) is 0 Å². The Labute approximate surface area is 142 Å². The molecular formula is C18H16BrFO3. The first-order valence-electron chi connectivity index (χ1n) is 7.04. The van der Waals surface area contributed by atoms with Gasteiger partial charge in [0.15, 0.2) is 17.3 Å². The van der Waals surface area contributed by atoms with E-state index in [1.165, 1.54) is 18.2 Å². The van der Waals surface area contributed by atoms with Gasteiger partial charge < -0.3 is 9.47 Å². The van der Waals surface area contributed by atoms with Gasteiger partial charge in [-0.1, -0.05) is 18.2 Å². The molecule has 120 valence electrons. The van der Waals surface area contributed by atoms with Crippen LogP contribution in [0, 0.1) is 5.82 Å². The average Bonchev–Trinajstić information content (AvgIpc) is 2.55. The van der Waals surface area contributed by atoms with Gasteiger partial charge in [-0.3, -0.25) is 4.79 Å². The maximum absolute atomic E-state index is 13.6. The summed E-state index contributed by atoms with van der Waals surface area (Å²) in [4.78, 5) is 12.1. The molecule has 0 aliphatic heterocycles. The number of carbonyl (C=O) groups excluding carboxylic acids is 1. The number of rotatable bonds is 6. The quantitative estimate of drug-likeness (QED) is 0.530. The molecule has 0 radical (unpaired) electrons. The van der Waals surface area contributed by atoms with E-state index in [0.29, 0.717) is 18.1 Å². The molecule has 3 nitrogen and oxygen atoms in total. The third-order valence-corrected chi connectivity index (χ3v) is 3.70. The summed E-state index contributed by atoms with van der Waals surface area (Å²) in [6.07, 6.45) is 2.94. The molecule has 0 unspecified atom stereocenters. The van der Waals surface area contributed by atoms with E-state index in [0.717, 1.165) is 10.0 Å². The molecule has 0 fully saturated rings. The summed E-state index contributed by atoms with van der Waals surface area (Å²) in [7, 11) is 1.54. The third kappa shape index (κ3) is 4.20. The van der Waals surface area contributed by atoms with Gasteiger partial charge in [-0.15, -0.1) is 0 Å². The van der Waals surface area contributed by atoms with Crippen molar-refractivity contribution in [2.75, 3.05) is 13.7 Å². The lowest BCUT2D eigenvalue weighted by Crippen LogP contribution is -1.98. The van der Waals surface area contributed by atoms with Crippen molar-refractivity contribution in [2.24, 2.45) is 0 Å². The molecule has 0 aromatic heterocycles. The number of halogens is 2. The molecule has 0 saturated carbocycles. The lowest BCUT2D eigenvalue weighted by atomic mass is 10.1. The Bertz CT molecular complexity index is 741. The Morgan fingerprint density at radius 3 is 2.70 bits per heavy atom. The minimum atomic E-state index is -0.535. The fourth-order valence-electron chi connectivity index (χ4n) is 2.04. The monoisotopic (exact) mass is 378 g/mol. The molecule has 0 saturated heterocycles. The van der Waals surface area contributed by atoms with E-state index < -0.39 is 11.6 Å². The molecule has 0 aliphatic rings. The molecule has 0 N–H and O–H groups in total. The molecule has 0 bridgehead atoms. The molecule has 23 heavy (non-hydrogen) atoms. The maximum atomic E-state index is 13.6. The summed E-state index contributed by atoms with van der Waals surface area (Å²) in [5, 5.41) is 0. The number of benzene rings is 2. The third-order valence-electron chi connectivity index (χ3n) is 3.11. The predicted molar refractivity (Wildman–Crippen MR) is 91.6 cm³/mol. The largest absolute Gasteiger partial charge is 0.493 e. The van der Waals surface area contributed by atoms with Gasteiger partial charge in [-0.05, 0) is 58.8 Å². The number of allylic oxidation sites excluding steroid dienone is 1. The molecule has 2 rings (SSSR count). The fourth-order valence-corrected chi connectivity index (χ4v) is 2.62. The van der Waals surface area contributed by atoms with Crippen LogP contribution in [0.25, 0.3) is 6.08 Å². The summed E-state index contributed by atoms with van der Waals surface area (Å²) >= 11 is 3.42. The summed E-state index contributed by atoms with van der Waals surface area (Å²) in [5.74, 6) is 0.228. The summed E-state index contributed by atoms with van der Waals surface area (Å²) < 4.78 is 25.1. The van der Waals surface area contributed by atoms with Gasteiger partial charge in [-0.2, -0.15) is 0 Å². The zero-order chi connectivity index (χ0) is 16.8. The number of ketones is 1. The van der Waals surface area contributed by atoms with E-state index >= 15 is 0 Å². The standard InChI is InChI=1S/C18H16BrFO3/c1-3-23-18-14(19)10-12(11-17(18)22-2)8-9-16(21)13-6-4-5-7-15(13)20/h4-11H,3H2,1-2H3/b9-8+. The van der Waals surface area contributed by atoms with Gasteiger partial charge in [-0.25, -0.2) is 4.39 Å². The number of hydrogen-bond donors (Lipinski definition) is 0. The Hall–Kier alpha value is -2.14. The van der Waals surface area contributed by atoms with Gasteiger partial charge in [0, 0.05) is 0 Å². The van der Waals surface area contributed by atoms with Crippen LogP contribution in [-0.2, 0) is 0 Å². The van der Waals surface area contributed by atoms with E-state index in [2.05, 4.69) is 15.9 Å². The van der Waals surface area contributed by atoms with Crippen LogP contribution in [0.1, 0.15) is 22.8 Å². The second-order valence-corrected chi connectivity index (χ2v) is 5.50. The van der Waals surface area contributed by atoms with E-state index in [9.17, 15) is 9.18 Å². The van der Waals surface area contributed by atoms with Crippen molar-refractivity contribution in [1.82, 2.24) is 0 Å². The van der Waals surface area contributed by atoms with Crippen molar-refractivity contribution in [1.29, 1.82) is 0 Å². The van der Waals surface area contributed by atoms with Gasteiger partial charge >= 0.3 is 0 Å². The minimum absolute atomic E-state index is 0.0423. The molecule has 0 atom stereocenters. The van der Waals surface area contributed by atoms with Crippen LogP contribution in [0.3, 0.4) is 0 Å². The highest BCUT2D eigenvalue weighted by atomic mass is 79.9. The Morgan fingerprint density at radius 2 is 2.04 bits per heavy atom. The Kier molecular flexibility index (Phi) is 5.93. The van der Waals surface area contributed by atoms with Crippen molar-refractivity contribution in [3.8, 4) is 11.5 Å². The molecule has 2 aromatic carbocycles. The smallest absolute Gasteiger partial charge is 0.188 e. The molecular weight excluding hydrogens is 363 g/mol. The number of ether oxygens (including phenoxy) is 2.